The van der Waals surface area contributed by atoms with Crippen LogP contribution in [0.2, 0.25) is 5.02 Å². The minimum absolute atomic E-state index is 0.222. The van der Waals surface area contributed by atoms with E-state index in [2.05, 4.69) is 24.3 Å². The van der Waals surface area contributed by atoms with Crippen LogP contribution in [0.4, 0.5) is 0 Å². The van der Waals surface area contributed by atoms with Crippen molar-refractivity contribution in [2.24, 2.45) is 5.73 Å². The zero-order chi connectivity index (χ0) is 20.2. The van der Waals surface area contributed by atoms with E-state index >= 15 is 0 Å². The van der Waals surface area contributed by atoms with Gasteiger partial charge < -0.3 is 10.5 Å². The highest BCUT2D eigenvalue weighted by Gasteiger charge is 2.17. The summed E-state index contributed by atoms with van der Waals surface area (Å²) in [6.45, 7) is 0. The third-order valence-corrected chi connectivity index (χ3v) is 5.92. The molecule has 2 aromatic carbocycles. The molecule has 150 valence electrons. The maximum absolute atomic E-state index is 12.3. The fraction of sp³-hybridized carbons (Fsp3) is 0.320. The quantitative estimate of drug-likeness (QED) is 0.497. The normalized spacial score (nSPS) is 16.6. The number of esters is 1. The maximum Gasteiger partial charge on any atom is 0.312 e. The number of aryl methyl sites for hydroxylation is 2. The fourth-order valence-electron chi connectivity index (χ4n) is 4.19. The number of hydrogen-bond acceptors (Lipinski definition) is 3. The molecule has 0 unspecified atom stereocenters. The van der Waals surface area contributed by atoms with E-state index in [1.54, 1.807) is 0 Å². The lowest BCUT2D eigenvalue weighted by atomic mass is 9.90. The second-order valence-electron chi connectivity index (χ2n) is 7.95. The van der Waals surface area contributed by atoms with E-state index in [0.717, 1.165) is 36.3 Å². The van der Waals surface area contributed by atoms with Gasteiger partial charge in [-0.15, -0.1) is 0 Å². The van der Waals surface area contributed by atoms with Crippen molar-refractivity contribution in [1.29, 1.82) is 0 Å². The van der Waals surface area contributed by atoms with E-state index in [1.165, 1.54) is 28.7 Å². The Balaban J connectivity index is 1.30. The number of benzene rings is 2. The summed E-state index contributed by atoms with van der Waals surface area (Å²) in [5.74, 6) is 0.371. The van der Waals surface area contributed by atoms with Gasteiger partial charge in [0.2, 0.25) is 0 Å². The molecule has 0 bridgehead atoms. The number of nitrogens with two attached hydrogens (primary N) is 1. The van der Waals surface area contributed by atoms with Crippen LogP contribution in [0.1, 0.15) is 48.8 Å². The highest BCUT2D eigenvalue weighted by molar-refractivity contribution is 6.30. The van der Waals surface area contributed by atoms with Crippen LogP contribution in [0.5, 0.6) is 5.75 Å². The second kappa shape index (κ2) is 8.98. The molecular formula is C25H26ClNO2. The molecule has 3 nitrogen and oxygen atoms in total. The number of fused-ring (bicyclic) bond motifs is 1. The SMILES string of the molecule is N[C@@H](CC(=O)Oc1ccc2c(c1)CCC2)CC1=CC=C(c2cccc(Cl)c2)CC1. The second-order valence-corrected chi connectivity index (χ2v) is 8.39. The monoisotopic (exact) mass is 407 g/mol. The van der Waals surface area contributed by atoms with Crippen LogP contribution in [0.15, 0.2) is 60.2 Å². The van der Waals surface area contributed by atoms with Crippen molar-refractivity contribution in [2.75, 3.05) is 0 Å². The summed E-state index contributed by atoms with van der Waals surface area (Å²) in [5, 5.41) is 0.752. The van der Waals surface area contributed by atoms with Gasteiger partial charge in [0.1, 0.15) is 5.75 Å². The van der Waals surface area contributed by atoms with Gasteiger partial charge in [0, 0.05) is 11.1 Å². The summed E-state index contributed by atoms with van der Waals surface area (Å²) < 4.78 is 5.52. The molecule has 2 aliphatic rings. The lowest BCUT2D eigenvalue weighted by molar-refractivity contribution is -0.134. The van der Waals surface area contributed by atoms with Crippen LogP contribution in [0, 0.1) is 0 Å². The molecular weight excluding hydrogens is 382 g/mol. The van der Waals surface area contributed by atoms with Gasteiger partial charge in [-0.1, -0.05) is 47.5 Å². The Bertz CT molecular complexity index is 977. The van der Waals surface area contributed by atoms with E-state index in [-0.39, 0.29) is 18.4 Å². The Morgan fingerprint density at radius 1 is 1.03 bits per heavy atom. The fourth-order valence-corrected chi connectivity index (χ4v) is 4.38. The lowest BCUT2D eigenvalue weighted by Crippen LogP contribution is -2.26. The largest absolute Gasteiger partial charge is 0.426 e. The van der Waals surface area contributed by atoms with Crippen molar-refractivity contribution in [3.8, 4) is 5.75 Å². The summed E-state index contributed by atoms with van der Waals surface area (Å²) in [5.41, 5.74) is 12.6. The van der Waals surface area contributed by atoms with Crippen LogP contribution in [-0.4, -0.2) is 12.0 Å². The van der Waals surface area contributed by atoms with E-state index in [9.17, 15) is 4.79 Å². The highest BCUT2D eigenvalue weighted by Crippen LogP contribution is 2.30. The third kappa shape index (κ3) is 5.17. The average molecular weight is 408 g/mol. The van der Waals surface area contributed by atoms with Crippen LogP contribution < -0.4 is 10.5 Å². The smallest absolute Gasteiger partial charge is 0.312 e. The van der Waals surface area contributed by atoms with Crippen molar-refractivity contribution in [1.82, 2.24) is 0 Å². The highest BCUT2D eigenvalue weighted by atomic mass is 35.5. The predicted molar refractivity (Wildman–Crippen MR) is 118 cm³/mol. The molecule has 29 heavy (non-hydrogen) atoms. The first kappa shape index (κ1) is 19.9. The summed E-state index contributed by atoms with van der Waals surface area (Å²) in [7, 11) is 0. The minimum Gasteiger partial charge on any atom is -0.426 e. The molecule has 0 aliphatic heterocycles. The summed E-state index contributed by atoms with van der Waals surface area (Å²) in [6, 6.07) is 13.7. The van der Waals surface area contributed by atoms with Gasteiger partial charge in [-0.3, -0.25) is 4.79 Å². The van der Waals surface area contributed by atoms with Gasteiger partial charge in [0.15, 0.2) is 0 Å². The zero-order valence-corrected chi connectivity index (χ0v) is 17.3. The maximum atomic E-state index is 12.3. The number of halogens is 1. The van der Waals surface area contributed by atoms with Crippen LogP contribution >= 0.6 is 11.6 Å². The lowest BCUT2D eigenvalue weighted by Gasteiger charge is -2.18. The van der Waals surface area contributed by atoms with E-state index in [4.69, 9.17) is 22.1 Å². The van der Waals surface area contributed by atoms with Gasteiger partial charge in [0.25, 0.3) is 0 Å². The topological polar surface area (TPSA) is 52.3 Å². The molecule has 4 heteroatoms. The molecule has 2 N–H and O–H groups in total. The van der Waals surface area contributed by atoms with Crippen molar-refractivity contribution in [2.45, 2.75) is 51.0 Å². The Labute approximate surface area is 177 Å². The molecule has 0 amide bonds. The van der Waals surface area contributed by atoms with Gasteiger partial charge >= 0.3 is 5.97 Å². The molecule has 2 aliphatic carbocycles. The van der Waals surface area contributed by atoms with Crippen LogP contribution in [-0.2, 0) is 17.6 Å². The van der Waals surface area contributed by atoms with Crippen molar-refractivity contribution < 1.29 is 9.53 Å². The standard InChI is InChI=1S/C25H26ClNO2/c26-22-6-2-5-20(14-22)19-9-7-17(8-10-19)13-23(27)16-25(28)29-24-12-11-18-3-1-4-21(18)15-24/h2,5-7,9,11-12,14-15,23H,1,3-4,8,10,13,16,27H2/t23-/m1/s1. The van der Waals surface area contributed by atoms with Crippen LogP contribution in [0.25, 0.3) is 5.57 Å². The van der Waals surface area contributed by atoms with E-state index < -0.39 is 0 Å². The summed E-state index contributed by atoms with van der Waals surface area (Å²) >= 11 is 6.09. The minimum atomic E-state index is -0.262. The Morgan fingerprint density at radius 2 is 1.90 bits per heavy atom. The summed E-state index contributed by atoms with van der Waals surface area (Å²) in [4.78, 5) is 12.3. The van der Waals surface area contributed by atoms with Crippen LogP contribution in [0.3, 0.4) is 0 Å². The molecule has 2 aromatic rings. The first-order valence-electron chi connectivity index (χ1n) is 10.3. The van der Waals surface area contributed by atoms with Gasteiger partial charge in [-0.05, 0) is 85.1 Å². The zero-order valence-electron chi connectivity index (χ0n) is 16.5. The van der Waals surface area contributed by atoms with E-state index in [0.29, 0.717) is 12.2 Å². The summed E-state index contributed by atoms with van der Waals surface area (Å²) in [6.07, 6.45) is 10.5. The average Bonchev–Trinajstić information content (AvgIpc) is 3.16. The first-order valence-corrected chi connectivity index (χ1v) is 10.7. The third-order valence-electron chi connectivity index (χ3n) is 5.69. The number of carbonyl (C=O) groups excluding carboxylic acids is 1. The number of rotatable bonds is 6. The molecule has 0 fully saturated rings. The Kier molecular flexibility index (Phi) is 6.17. The van der Waals surface area contributed by atoms with Crippen molar-refractivity contribution >= 4 is 23.1 Å². The molecule has 0 heterocycles. The van der Waals surface area contributed by atoms with Crippen molar-refractivity contribution in [3.63, 3.8) is 0 Å². The van der Waals surface area contributed by atoms with Gasteiger partial charge in [-0.25, -0.2) is 0 Å². The number of carbonyl (C=O) groups is 1. The molecule has 1 atom stereocenters. The Hall–Kier alpha value is -2.36. The molecule has 4 rings (SSSR count). The first-order chi connectivity index (χ1) is 14.1. The van der Waals surface area contributed by atoms with Crippen molar-refractivity contribution in [3.05, 3.63) is 81.9 Å². The number of allylic oxidation sites excluding steroid dienone is 3. The molecule has 0 saturated heterocycles. The Morgan fingerprint density at radius 3 is 2.69 bits per heavy atom. The predicted octanol–water partition coefficient (Wildman–Crippen LogP) is 5.65. The number of hydrogen-bond donors (Lipinski definition) is 1. The van der Waals surface area contributed by atoms with E-state index in [1.807, 2.05) is 30.3 Å². The van der Waals surface area contributed by atoms with Gasteiger partial charge in [0.05, 0.1) is 6.42 Å². The molecule has 0 aromatic heterocycles. The molecule has 0 spiro atoms. The molecule has 0 radical (unpaired) electrons. The van der Waals surface area contributed by atoms with Gasteiger partial charge in [-0.2, -0.15) is 0 Å². The number of ether oxygens (including phenoxy) is 1. The molecule has 0 saturated carbocycles.